The zero-order chi connectivity index (χ0) is 16.9. The van der Waals surface area contributed by atoms with Gasteiger partial charge in [0.2, 0.25) is 0 Å². The Hall–Kier alpha value is -3.21. The third-order valence-corrected chi connectivity index (χ3v) is 3.64. The molecule has 0 spiro atoms. The van der Waals surface area contributed by atoms with Crippen molar-refractivity contribution in [2.24, 2.45) is 10.2 Å². The van der Waals surface area contributed by atoms with Gasteiger partial charge in [-0.15, -0.1) is 11.7 Å². The summed E-state index contributed by atoms with van der Waals surface area (Å²) >= 11 is 0. The number of aromatic amines is 1. The van der Waals surface area contributed by atoms with Gasteiger partial charge in [-0.2, -0.15) is 5.11 Å². The summed E-state index contributed by atoms with van der Waals surface area (Å²) in [6.45, 7) is 5.53. The smallest absolute Gasteiger partial charge is 0.293 e. The number of hydrogen-bond acceptors (Lipinski definition) is 3. The van der Waals surface area contributed by atoms with Crippen LogP contribution in [0.4, 0.5) is 11.4 Å². The lowest BCUT2D eigenvalue weighted by atomic mass is 10.1. The first kappa shape index (κ1) is 15.7. The van der Waals surface area contributed by atoms with Crippen LogP contribution in [0.3, 0.4) is 0 Å². The van der Waals surface area contributed by atoms with Crippen molar-refractivity contribution in [3.63, 3.8) is 0 Å². The highest BCUT2D eigenvalue weighted by atomic mass is 16.1. The highest BCUT2D eigenvalue weighted by Gasteiger charge is 2.11. The third-order valence-electron chi connectivity index (χ3n) is 3.64. The number of allylic oxidation sites excluding steroid dienone is 1. The second kappa shape index (κ2) is 6.91. The maximum Gasteiger partial charge on any atom is 0.299 e. The molecule has 0 atom stereocenters. The van der Waals surface area contributed by atoms with Crippen LogP contribution in [0.1, 0.15) is 11.3 Å². The number of aryl methyl sites for hydroxylation is 1. The van der Waals surface area contributed by atoms with E-state index in [1.165, 1.54) is 4.68 Å². The Labute approximate surface area is 140 Å². The average Bonchev–Trinajstić information content (AvgIpc) is 2.90. The maximum atomic E-state index is 12.5. The van der Waals surface area contributed by atoms with Crippen molar-refractivity contribution in [3.8, 4) is 5.69 Å². The van der Waals surface area contributed by atoms with Crippen molar-refractivity contribution in [2.75, 3.05) is 0 Å². The van der Waals surface area contributed by atoms with Crippen LogP contribution in [0.5, 0.6) is 0 Å². The first-order chi connectivity index (χ1) is 11.7. The van der Waals surface area contributed by atoms with E-state index in [1.54, 1.807) is 0 Å². The lowest BCUT2D eigenvalue weighted by molar-refractivity contribution is 0.835. The van der Waals surface area contributed by atoms with Crippen LogP contribution < -0.4 is 5.56 Å². The summed E-state index contributed by atoms with van der Waals surface area (Å²) in [6, 6.07) is 17.1. The molecule has 0 fully saturated rings. The molecular formula is C19H18N4O. The standard InChI is InChI=1S/C19H18N4O/c1-3-7-15-10-12-16(13-11-15)20-21-18-14(2)22-23(19(18)24)17-8-5-4-6-9-17/h3-6,8-13,22H,1,7H2,2H3/b21-20+. The van der Waals surface area contributed by atoms with E-state index in [4.69, 9.17) is 0 Å². The Morgan fingerprint density at radius 1 is 1.08 bits per heavy atom. The van der Waals surface area contributed by atoms with Gasteiger partial charge in [0.1, 0.15) is 0 Å². The molecule has 0 aliphatic rings. The molecule has 24 heavy (non-hydrogen) atoms. The van der Waals surface area contributed by atoms with E-state index in [2.05, 4.69) is 21.9 Å². The fraction of sp³-hybridized carbons (Fsp3) is 0.105. The van der Waals surface area contributed by atoms with Crippen molar-refractivity contribution in [3.05, 3.63) is 88.9 Å². The van der Waals surface area contributed by atoms with Crippen LogP contribution in [0.2, 0.25) is 0 Å². The van der Waals surface area contributed by atoms with Crippen LogP contribution in [0.15, 0.2) is 82.3 Å². The SMILES string of the molecule is C=CCc1ccc(/N=N/c2c(C)[nH]n(-c3ccccc3)c2=O)cc1. The summed E-state index contributed by atoms with van der Waals surface area (Å²) in [4.78, 5) is 12.5. The van der Waals surface area contributed by atoms with Crippen LogP contribution in [-0.4, -0.2) is 9.78 Å². The summed E-state index contributed by atoms with van der Waals surface area (Å²) in [6.07, 6.45) is 2.67. The number of nitrogens with zero attached hydrogens (tertiary/aromatic N) is 3. The predicted octanol–water partition coefficient (Wildman–Crippen LogP) is 4.62. The number of aromatic nitrogens is 2. The Kier molecular flexibility index (Phi) is 4.52. The van der Waals surface area contributed by atoms with E-state index in [9.17, 15) is 4.79 Å². The van der Waals surface area contributed by atoms with E-state index in [0.717, 1.165) is 17.7 Å². The Morgan fingerprint density at radius 2 is 1.79 bits per heavy atom. The maximum absolute atomic E-state index is 12.5. The van der Waals surface area contributed by atoms with E-state index in [0.29, 0.717) is 17.1 Å². The molecule has 0 radical (unpaired) electrons. The molecule has 1 aromatic heterocycles. The van der Waals surface area contributed by atoms with Gasteiger partial charge < -0.3 is 0 Å². The molecule has 120 valence electrons. The average molecular weight is 318 g/mol. The molecule has 5 nitrogen and oxygen atoms in total. The van der Waals surface area contributed by atoms with E-state index in [1.807, 2.05) is 67.6 Å². The Morgan fingerprint density at radius 3 is 2.46 bits per heavy atom. The van der Waals surface area contributed by atoms with Crippen LogP contribution in [0.25, 0.3) is 5.69 Å². The first-order valence-corrected chi connectivity index (χ1v) is 7.67. The zero-order valence-electron chi connectivity index (χ0n) is 13.4. The topological polar surface area (TPSA) is 62.5 Å². The molecule has 0 amide bonds. The van der Waals surface area contributed by atoms with E-state index in [-0.39, 0.29) is 5.56 Å². The molecule has 0 aliphatic heterocycles. The summed E-state index contributed by atoms with van der Waals surface area (Å²) in [5.74, 6) is 0. The molecule has 3 aromatic rings. The van der Waals surface area contributed by atoms with Gasteiger partial charge in [0.25, 0.3) is 5.56 Å². The predicted molar refractivity (Wildman–Crippen MR) is 95.6 cm³/mol. The second-order valence-corrected chi connectivity index (χ2v) is 5.42. The minimum atomic E-state index is -0.217. The fourth-order valence-corrected chi connectivity index (χ4v) is 2.39. The molecule has 0 aliphatic carbocycles. The minimum Gasteiger partial charge on any atom is -0.293 e. The summed E-state index contributed by atoms with van der Waals surface area (Å²) in [5, 5.41) is 11.3. The molecule has 3 rings (SSSR count). The van der Waals surface area contributed by atoms with Gasteiger partial charge in [0.05, 0.1) is 17.1 Å². The van der Waals surface area contributed by atoms with Crippen LogP contribution in [-0.2, 0) is 6.42 Å². The number of azo groups is 1. The molecule has 0 bridgehead atoms. The van der Waals surface area contributed by atoms with Crippen LogP contribution in [0, 0.1) is 6.92 Å². The molecule has 0 unspecified atom stereocenters. The number of benzene rings is 2. The normalized spacial score (nSPS) is 11.0. The lowest BCUT2D eigenvalue weighted by Crippen LogP contribution is -2.13. The summed E-state index contributed by atoms with van der Waals surface area (Å²) in [5.41, 5.74) is 3.40. The number of para-hydroxylation sites is 1. The van der Waals surface area contributed by atoms with E-state index >= 15 is 0 Å². The zero-order valence-corrected chi connectivity index (χ0v) is 13.4. The van der Waals surface area contributed by atoms with Crippen molar-refractivity contribution in [1.29, 1.82) is 0 Å². The molecule has 1 heterocycles. The van der Waals surface area contributed by atoms with Crippen molar-refractivity contribution >= 4 is 11.4 Å². The molecule has 0 saturated carbocycles. The highest BCUT2D eigenvalue weighted by Crippen LogP contribution is 2.19. The summed E-state index contributed by atoms with van der Waals surface area (Å²) in [7, 11) is 0. The van der Waals surface area contributed by atoms with Gasteiger partial charge in [-0.25, -0.2) is 4.68 Å². The van der Waals surface area contributed by atoms with Gasteiger partial charge in [0, 0.05) is 0 Å². The number of rotatable bonds is 5. The van der Waals surface area contributed by atoms with Crippen molar-refractivity contribution < 1.29 is 0 Å². The van der Waals surface area contributed by atoms with Crippen LogP contribution >= 0.6 is 0 Å². The Balaban J connectivity index is 1.89. The van der Waals surface area contributed by atoms with Gasteiger partial charge in [0.15, 0.2) is 5.69 Å². The number of nitrogens with one attached hydrogen (secondary N) is 1. The van der Waals surface area contributed by atoms with Gasteiger partial charge >= 0.3 is 0 Å². The first-order valence-electron chi connectivity index (χ1n) is 7.67. The molecular weight excluding hydrogens is 300 g/mol. The second-order valence-electron chi connectivity index (χ2n) is 5.42. The molecule has 1 N–H and O–H groups in total. The molecule has 5 heteroatoms. The van der Waals surface area contributed by atoms with E-state index < -0.39 is 0 Å². The lowest BCUT2D eigenvalue weighted by Gasteiger charge is -1.99. The monoisotopic (exact) mass is 318 g/mol. The number of H-pyrrole nitrogens is 1. The minimum absolute atomic E-state index is 0.217. The van der Waals surface area contributed by atoms with Gasteiger partial charge in [-0.3, -0.25) is 9.89 Å². The Bertz CT molecular complexity index is 918. The molecule has 0 saturated heterocycles. The van der Waals surface area contributed by atoms with Crippen molar-refractivity contribution in [1.82, 2.24) is 9.78 Å². The summed E-state index contributed by atoms with van der Waals surface area (Å²) < 4.78 is 1.47. The quantitative estimate of drug-likeness (QED) is 0.541. The van der Waals surface area contributed by atoms with Gasteiger partial charge in [-0.1, -0.05) is 36.4 Å². The van der Waals surface area contributed by atoms with Crippen molar-refractivity contribution in [2.45, 2.75) is 13.3 Å². The largest absolute Gasteiger partial charge is 0.299 e. The highest BCUT2D eigenvalue weighted by molar-refractivity contribution is 5.44. The third kappa shape index (κ3) is 3.25. The fourth-order valence-electron chi connectivity index (χ4n) is 2.39. The van der Waals surface area contributed by atoms with Gasteiger partial charge in [-0.05, 0) is 43.2 Å². The molecule has 2 aromatic carbocycles. The number of hydrogen-bond donors (Lipinski definition) is 1.